The van der Waals surface area contributed by atoms with Crippen molar-refractivity contribution in [3.05, 3.63) is 46.4 Å². The first-order valence-electron chi connectivity index (χ1n) is 5.12. The molecule has 0 saturated carbocycles. The molecule has 0 saturated heterocycles. The summed E-state index contributed by atoms with van der Waals surface area (Å²) in [4.78, 5) is 16.1. The summed E-state index contributed by atoms with van der Waals surface area (Å²) < 4.78 is 0. The first-order chi connectivity index (χ1) is 8.16. The maximum Gasteiger partial charge on any atom is 0.331 e. The van der Waals surface area contributed by atoms with Gasteiger partial charge in [0, 0.05) is 22.5 Å². The summed E-state index contributed by atoms with van der Waals surface area (Å²) in [5.41, 5.74) is 1.61. The highest BCUT2D eigenvalue weighted by Crippen LogP contribution is 2.23. The molecule has 0 aliphatic rings. The first-order valence-corrected chi connectivity index (χ1v) is 6.00. The minimum atomic E-state index is -0.887. The van der Waals surface area contributed by atoms with Crippen molar-refractivity contribution < 1.29 is 9.90 Å². The van der Waals surface area contributed by atoms with Crippen LogP contribution < -0.4 is 5.32 Å². The molecule has 0 radical (unpaired) electrons. The smallest absolute Gasteiger partial charge is 0.331 e. The van der Waals surface area contributed by atoms with E-state index in [0.29, 0.717) is 0 Å². The van der Waals surface area contributed by atoms with Gasteiger partial charge in [0.25, 0.3) is 0 Å². The zero-order chi connectivity index (χ0) is 12.3. The van der Waals surface area contributed by atoms with E-state index in [-0.39, 0.29) is 0 Å². The van der Waals surface area contributed by atoms with Crippen LogP contribution in [-0.2, 0) is 4.79 Å². The molecule has 2 heterocycles. The number of hydrogen-bond donors (Lipinski definition) is 2. The SMILES string of the molecule is Cc1cc(NC(C(=O)O)c2cccs2)ccn1. The largest absolute Gasteiger partial charge is 0.479 e. The predicted molar refractivity (Wildman–Crippen MR) is 67.3 cm³/mol. The Labute approximate surface area is 103 Å². The molecule has 0 amide bonds. The molecular formula is C12H12N2O2S. The third kappa shape index (κ3) is 2.82. The van der Waals surface area contributed by atoms with Crippen molar-refractivity contribution in [2.45, 2.75) is 13.0 Å². The molecule has 4 nitrogen and oxygen atoms in total. The van der Waals surface area contributed by atoms with Crippen LogP contribution in [0, 0.1) is 6.92 Å². The lowest BCUT2D eigenvalue weighted by Crippen LogP contribution is -2.19. The molecule has 0 aliphatic carbocycles. The molecule has 2 aromatic heterocycles. The van der Waals surface area contributed by atoms with Crippen LogP contribution in [0.5, 0.6) is 0 Å². The fraction of sp³-hybridized carbons (Fsp3) is 0.167. The molecule has 1 atom stereocenters. The van der Waals surface area contributed by atoms with Gasteiger partial charge < -0.3 is 10.4 Å². The highest BCUT2D eigenvalue weighted by molar-refractivity contribution is 7.10. The Hall–Kier alpha value is -1.88. The topological polar surface area (TPSA) is 62.2 Å². The Kier molecular flexibility index (Phi) is 3.39. The van der Waals surface area contributed by atoms with Gasteiger partial charge in [-0.2, -0.15) is 0 Å². The number of nitrogens with one attached hydrogen (secondary N) is 1. The van der Waals surface area contributed by atoms with E-state index in [1.54, 1.807) is 12.3 Å². The van der Waals surface area contributed by atoms with Gasteiger partial charge in [-0.1, -0.05) is 6.07 Å². The molecule has 0 fully saturated rings. The van der Waals surface area contributed by atoms with Gasteiger partial charge in [0.1, 0.15) is 0 Å². The minimum absolute atomic E-state index is 0.711. The summed E-state index contributed by atoms with van der Waals surface area (Å²) in [5.74, 6) is -0.887. The third-order valence-electron chi connectivity index (χ3n) is 2.28. The third-order valence-corrected chi connectivity index (χ3v) is 3.22. The van der Waals surface area contributed by atoms with Gasteiger partial charge in [0.15, 0.2) is 6.04 Å². The summed E-state index contributed by atoms with van der Waals surface area (Å²) in [5, 5.41) is 14.1. The fourth-order valence-corrected chi connectivity index (χ4v) is 2.28. The Morgan fingerprint density at radius 2 is 2.35 bits per heavy atom. The van der Waals surface area contributed by atoms with Crippen molar-refractivity contribution in [2.75, 3.05) is 5.32 Å². The van der Waals surface area contributed by atoms with Gasteiger partial charge in [-0.05, 0) is 30.5 Å². The number of aryl methyl sites for hydroxylation is 1. The van der Waals surface area contributed by atoms with Crippen molar-refractivity contribution in [2.24, 2.45) is 0 Å². The lowest BCUT2D eigenvalue weighted by Gasteiger charge is -2.14. The molecule has 5 heteroatoms. The second-order valence-corrected chi connectivity index (χ2v) is 4.60. The number of anilines is 1. The minimum Gasteiger partial charge on any atom is -0.479 e. The Bertz CT molecular complexity index is 511. The number of thiophene rings is 1. The zero-order valence-corrected chi connectivity index (χ0v) is 10.1. The lowest BCUT2D eigenvalue weighted by atomic mass is 10.2. The molecule has 2 rings (SSSR count). The van der Waals surface area contributed by atoms with Crippen molar-refractivity contribution in [3.63, 3.8) is 0 Å². The number of rotatable bonds is 4. The van der Waals surface area contributed by atoms with Crippen LogP contribution in [0.2, 0.25) is 0 Å². The molecule has 0 bridgehead atoms. The Morgan fingerprint density at radius 1 is 1.53 bits per heavy atom. The molecule has 17 heavy (non-hydrogen) atoms. The van der Waals surface area contributed by atoms with E-state index < -0.39 is 12.0 Å². The molecule has 88 valence electrons. The maximum atomic E-state index is 11.2. The predicted octanol–water partition coefficient (Wildman–Crippen LogP) is 2.69. The van der Waals surface area contributed by atoms with Crippen LogP contribution >= 0.6 is 11.3 Å². The number of carbonyl (C=O) groups is 1. The van der Waals surface area contributed by atoms with Crippen LogP contribution in [-0.4, -0.2) is 16.1 Å². The summed E-state index contributed by atoms with van der Waals surface area (Å²) in [6.07, 6.45) is 1.66. The number of hydrogen-bond acceptors (Lipinski definition) is 4. The highest BCUT2D eigenvalue weighted by atomic mass is 32.1. The number of carboxylic acids is 1. The number of pyridine rings is 1. The second kappa shape index (κ2) is 4.97. The lowest BCUT2D eigenvalue weighted by molar-refractivity contribution is -0.138. The molecule has 0 spiro atoms. The number of aliphatic carboxylic acids is 1. The van der Waals surface area contributed by atoms with Gasteiger partial charge in [-0.25, -0.2) is 4.79 Å². The van der Waals surface area contributed by atoms with Gasteiger partial charge in [0.2, 0.25) is 0 Å². The average molecular weight is 248 g/mol. The highest BCUT2D eigenvalue weighted by Gasteiger charge is 2.20. The normalized spacial score (nSPS) is 12.1. The standard InChI is InChI=1S/C12H12N2O2S/c1-8-7-9(4-5-13-8)14-11(12(15)16)10-3-2-6-17-10/h2-7,11H,1H3,(H,13,14)(H,15,16). The quantitative estimate of drug-likeness (QED) is 0.873. The Morgan fingerprint density at radius 3 is 2.94 bits per heavy atom. The summed E-state index contributed by atoms with van der Waals surface area (Å²) in [7, 11) is 0. The molecule has 0 aromatic carbocycles. The summed E-state index contributed by atoms with van der Waals surface area (Å²) in [6, 6.07) is 6.52. The Balaban J connectivity index is 2.22. The van der Waals surface area contributed by atoms with E-state index in [4.69, 9.17) is 0 Å². The van der Waals surface area contributed by atoms with E-state index in [9.17, 15) is 9.90 Å². The number of nitrogens with zero attached hydrogens (tertiary/aromatic N) is 1. The van der Waals surface area contributed by atoms with E-state index in [2.05, 4.69) is 10.3 Å². The molecule has 2 aromatic rings. The van der Waals surface area contributed by atoms with Gasteiger partial charge in [-0.3, -0.25) is 4.98 Å². The molecule has 2 N–H and O–H groups in total. The van der Waals surface area contributed by atoms with E-state index in [1.165, 1.54) is 11.3 Å². The summed E-state index contributed by atoms with van der Waals surface area (Å²) in [6.45, 7) is 1.87. The molecule has 0 aliphatic heterocycles. The van der Waals surface area contributed by atoms with Gasteiger partial charge in [0.05, 0.1) is 0 Å². The van der Waals surface area contributed by atoms with Crippen LogP contribution in [0.1, 0.15) is 16.6 Å². The first kappa shape index (κ1) is 11.6. The van der Waals surface area contributed by atoms with Crippen LogP contribution in [0.25, 0.3) is 0 Å². The monoisotopic (exact) mass is 248 g/mol. The van der Waals surface area contributed by atoms with E-state index in [1.807, 2.05) is 30.5 Å². The van der Waals surface area contributed by atoms with Crippen molar-refractivity contribution in [1.82, 2.24) is 4.98 Å². The van der Waals surface area contributed by atoms with E-state index in [0.717, 1.165) is 16.3 Å². The molecular weight excluding hydrogens is 236 g/mol. The average Bonchev–Trinajstić information content (AvgIpc) is 2.78. The maximum absolute atomic E-state index is 11.2. The fourth-order valence-electron chi connectivity index (χ4n) is 1.51. The number of carboxylic acid groups (broad SMARTS) is 1. The summed E-state index contributed by atoms with van der Waals surface area (Å²) >= 11 is 1.42. The van der Waals surface area contributed by atoms with Crippen LogP contribution in [0.3, 0.4) is 0 Å². The number of aromatic nitrogens is 1. The van der Waals surface area contributed by atoms with Gasteiger partial charge in [-0.15, -0.1) is 11.3 Å². The van der Waals surface area contributed by atoms with Gasteiger partial charge >= 0.3 is 5.97 Å². The van der Waals surface area contributed by atoms with Crippen molar-refractivity contribution >= 4 is 23.0 Å². The van der Waals surface area contributed by atoms with Crippen molar-refractivity contribution in [3.8, 4) is 0 Å². The van der Waals surface area contributed by atoms with E-state index >= 15 is 0 Å². The molecule has 1 unspecified atom stereocenters. The zero-order valence-electron chi connectivity index (χ0n) is 9.25. The second-order valence-electron chi connectivity index (χ2n) is 3.62. The van der Waals surface area contributed by atoms with Crippen LogP contribution in [0.15, 0.2) is 35.8 Å². The van der Waals surface area contributed by atoms with Crippen LogP contribution in [0.4, 0.5) is 5.69 Å². The van der Waals surface area contributed by atoms with Crippen molar-refractivity contribution in [1.29, 1.82) is 0 Å².